The first-order valence-electron chi connectivity index (χ1n) is 5.93. The van der Waals surface area contributed by atoms with E-state index in [9.17, 15) is 4.79 Å². The number of aliphatic carboxylic acids is 1. The summed E-state index contributed by atoms with van der Waals surface area (Å²) < 4.78 is 0. The van der Waals surface area contributed by atoms with Crippen molar-refractivity contribution in [2.45, 2.75) is 39.3 Å². The van der Waals surface area contributed by atoms with Gasteiger partial charge in [-0.3, -0.25) is 14.7 Å². The Morgan fingerprint density at radius 3 is 2.71 bits per heavy atom. The van der Waals surface area contributed by atoms with Gasteiger partial charge >= 0.3 is 5.97 Å². The van der Waals surface area contributed by atoms with Gasteiger partial charge in [0.1, 0.15) is 0 Å². The Morgan fingerprint density at radius 1 is 1.53 bits per heavy atom. The maximum absolute atomic E-state index is 10.9. The molecular weight excluding hydrogens is 216 g/mol. The SMILES string of the molecule is CCC(C)N(CC(=O)O)C(C)c1cccnc1. The van der Waals surface area contributed by atoms with Gasteiger partial charge in [0.05, 0.1) is 6.54 Å². The monoisotopic (exact) mass is 236 g/mol. The minimum Gasteiger partial charge on any atom is -0.480 e. The fraction of sp³-hybridized carbons (Fsp3) is 0.538. The highest BCUT2D eigenvalue weighted by molar-refractivity contribution is 5.69. The molecule has 1 rings (SSSR count). The molecule has 0 amide bonds. The molecule has 0 radical (unpaired) electrons. The first kappa shape index (κ1) is 13.6. The van der Waals surface area contributed by atoms with E-state index in [-0.39, 0.29) is 18.6 Å². The molecule has 1 aromatic heterocycles. The highest BCUT2D eigenvalue weighted by Gasteiger charge is 2.22. The Morgan fingerprint density at radius 2 is 2.24 bits per heavy atom. The molecule has 1 N–H and O–H groups in total. The molecule has 0 spiro atoms. The van der Waals surface area contributed by atoms with Crippen LogP contribution in [0.15, 0.2) is 24.5 Å². The average Bonchev–Trinajstić information content (AvgIpc) is 2.35. The van der Waals surface area contributed by atoms with Crippen molar-refractivity contribution in [2.24, 2.45) is 0 Å². The summed E-state index contributed by atoms with van der Waals surface area (Å²) in [5.41, 5.74) is 1.05. The van der Waals surface area contributed by atoms with Crippen LogP contribution < -0.4 is 0 Å². The third kappa shape index (κ3) is 3.82. The number of aromatic nitrogens is 1. The molecule has 2 unspecified atom stereocenters. The minimum atomic E-state index is -0.791. The van der Waals surface area contributed by atoms with E-state index in [4.69, 9.17) is 5.11 Å². The third-order valence-corrected chi connectivity index (χ3v) is 3.14. The molecule has 2 atom stereocenters. The van der Waals surface area contributed by atoms with Crippen molar-refractivity contribution in [1.82, 2.24) is 9.88 Å². The number of rotatable bonds is 6. The van der Waals surface area contributed by atoms with Crippen LogP contribution in [0.1, 0.15) is 38.8 Å². The fourth-order valence-corrected chi connectivity index (χ4v) is 1.88. The summed E-state index contributed by atoms with van der Waals surface area (Å²) in [6.07, 6.45) is 4.45. The number of nitrogens with zero attached hydrogens (tertiary/aromatic N) is 2. The van der Waals surface area contributed by atoms with Gasteiger partial charge in [-0.25, -0.2) is 0 Å². The Labute approximate surface area is 102 Å². The Balaban J connectivity index is 2.86. The second-order valence-electron chi connectivity index (χ2n) is 4.29. The van der Waals surface area contributed by atoms with Gasteiger partial charge in [0.15, 0.2) is 0 Å². The highest BCUT2D eigenvalue weighted by atomic mass is 16.4. The zero-order valence-electron chi connectivity index (χ0n) is 10.6. The molecule has 1 heterocycles. The van der Waals surface area contributed by atoms with E-state index < -0.39 is 5.97 Å². The van der Waals surface area contributed by atoms with E-state index in [2.05, 4.69) is 18.8 Å². The topological polar surface area (TPSA) is 53.4 Å². The van der Waals surface area contributed by atoms with E-state index in [1.807, 2.05) is 24.0 Å². The van der Waals surface area contributed by atoms with Gasteiger partial charge in [-0.2, -0.15) is 0 Å². The highest BCUT2D eigenvalue weighted by Crippen LogP contribution is 2.22. The van der Waals surface area contributed by atoms with Crippen molar-refractivity contribution >= 4 is 5.97 Å². The fourth-order valence-electron chi connectivity index (χ4n) is 1.88. The summed E-state index contributed by atoms with van der Waals surface area (Å²) in [4.78, 5) is 17.0. The second-order valence-corrected chi connectivity index (χ2v) is 4.29. The molecule has 1 aromatic rings. The molecule has 0 aliphatic rings. The van der Waals surface area contributed by atoms with Crippen LogP contribution in [0.4, 0.5) is 0 Å². The summed E-state index contributed by atoms with van der Waals surface area (Å²) in [5, 5.41) is 8.97. The number of hydrogen-bond donors (Lipinski definition) is 1. The molecule has 94 valence electrons. The Kier molecular flexibility index (Phi) is 5.10. The minimum absolute atomic E-state index is 0.0606. The predicted octanol–water partition coefficient (Wildman–Crippen LogP) is 2.33. The van der Waals surface area contributed by atoms with Crippen LogP contribution in [0.5, 0.6) is 0 Å². The molecule has 4 nitrogen and oxygen atoms in total. The quantitative estimate of drug-likeness (QED) is 0.823. The molecule has 0 saturated heterocycles. The van der Waals surface area contributed by atoms with Gasteiger partial charge in [0.2, 0.25) is 0 Å². The lowest BCUT2D eigenvalue weighted by Gasteiger charge is -2.32. The van der Waals surface area contributed by atoms with Crippen LogP contribution in [-0.4, -0.2) is 33.5 Å². The van der Waals surface area contributed by atoms with E-state index >= 15 is 0 Å². The van der Waals surface area contributed by atoms with Crippen molar-refractivity contribution in [3.8, 4) is 0 Å². The Hall–Kier alpha value is -1.42. The molecule has 0 bridgehead atoms. The summed E-state index contributed by atoms with van der Waals surface area (Å²) in [6.45, 7) is 6.20. The van der Waals surface area contributed by atoms with E-state index in [1.54, 1.807) is 12.4 Å². The third-order valence-electron chi connectivity index (χ3n) is 3.14. The largest absolute Gasteiger partial charge is 0.480 e. The van der Waals surface area contributed by atoms with Crippen molar-refractivity contribution in [3.05, 3.63) is 30.1 Å². The molecule has 0 saturated carbocycles. The lowest BCUT2D eigenvalue weighted by molar-refractivity contribution is -0.139. The maximum Gasteiger partial charge on any atom is 0.317 e. The lowest BCUT2D eigenvalue weighted by atomic mass is 10.1. The summed E-state index contributed by atoms with van der Waals surface area (Å²) >= 11 is 0. The lowest BCUT2D eigenvalue weighted by Crippen LogP contribution is -2.39. The van der Waals surface area contributed by atoms with Crippen molar-refractivity contribution < 1.29 is 9.90 Å². The van der Waals surface area contributed by atoms with Crippen LogP contribution in [0.2, 0.25) is 0 Å². The van der Waals surface area contributed by atoms with Gasteiger partial charge in [-0.1, -0.05) is 13.0 Å². The van der Waals surface area contributed by atoms with Crippen LogP contribution >= 0.6 is 0 Å². The Bertz CT molecular complexity index is 354. The molecular formula is C13H20N2O2. The zero-order valence-corrected chi connectivity index (χ0v) is 10.6. The predicted molar refractivity (Wildman–Crippen MR) is 66.7 cm³/mol. The second kappa shape index (κ2) is 6.35. The number of carboxylic acid groups (broad SMARTS) is 1. The van der Waals surface area contributed by atoms with Crippen LogP contribution in [-0.2, 0) is 4.79 Å². The van der Waals surface area contributed by atoms with E-state index in [0.29, 0.717) is 0 Å². The van der Waals surface area contributed by atoms with E-state index in [1.165, 1.54) is 0 Å². The van der Waals surface area contributed by atoms with Crippen molar-refractivity contribution in [3.63, 3.8) is 0 Å². The molecule has 0 aromatic carbocycles. The normalized spacial score (nSPS) is 14.6. The van der Waals surface area contributed by atoms with Gasteiger partial charge in [0.25, 0.3) is 0 Å². The van der Waals surface area contributed by atoms with Crippen LogP contribution in [0, 0.1) is 0 Å². The van der Waals surface area contributed by atoms with Gasteiger partial charge in [-0.15, -0.1) is 0 Å². The number of hydrogen-bond acceptors (Lipinski definition) is 3. The van der Waals surface area contributed by atoms with Crippen molar-refractivity contribution in [2.75, 3.05) is 6.54 Å². The van der Waals surface area contributed by atoms with Crippen molar-refractivity contribution in [1.29, 1.82) is 0 Å². The standard InChI is InChI=1S/C13H20N2O2/c1-4-10(2)15(9-13(16)17)11(3)12-6-5-7-14-8-12/h5-8,10-11H,4,9H2,1-3H3,(H,16,17). The molecule has 0 fully saturated rings. The summed E-state index contributed by atoms with van der Waals surface area (Å²) in [6, 6.07) is 4.16. The first-order valence-corrected chi connectivity index (χ1v) is 5.93. The van der Waals surface area contributed by atoms with E-state index in [0.717, 1.165) is 12.0 Å². The molecule has 4 heteroatoms. The number of carbonyl (C=O) groups is 1. The number of carboxylic acids is 1. The molecule has 17 heavy (non-hydrogen) atoms. The average molecular weight is 236 g/mol. The smallest absolute Gasteiger partial charge is 0.317 e. The molecule has 0 aliphatic carbocycles. The van der Waals surface area contributed by atoms with Gasteiger partial charge in [-0.05, 0) is 31.9 Å². The summed E-state index contributed by atoms with van der Waals surface area (Å²) in [5.74, 6) is -0.791. The summed E-state index contributed by atoms with van der Waals surface area (Å²) in [7, 11) is 0. The van der Waals surface area contributed by atoms with Gasteiger partial charge in [0, 0.05) is 24.5 Å². The van der Waals surface area contributed by atoms with Gasteiger partial charge < -0.3 is 5.11 Å². The number of pyridine rings is 1. The first-order chi connectivity index (χ1) is 8.06. The maximum atomic E-state index is 10.9. The van der Waals surface area contributed by atoms with Crippen LogP contribution in [0.25, 0.3) is 0 Å². The molecule has 0 aliphatic heterocycles. The zero-order chi connectivity index (χ0) is 12.8. The van der Waals surface area contributed by atoms with Crippen LogP contribution in [0.3, 0.4) is 0 Å².